The molecule has 0 bridgehead atoms. The minimum Gasteiger partial charge on any atom is -0.490 e. The highest BCUT2D eigenvalue weighted by Crippen LogP contribution is 2.35. The van der Waals surface area contributed by atoms with E-state index in [4.69, 9.17) is 9.47 Å². The summed E-state index contributed by atoms with van der Waals surface area (Å²) in [4.78, 5) is 12.2. The first kappa shape index (κ1) is 24.4. The molecule has 3 aromatic carbocycles. The van der Waals surface area contributed by atoms with Gasteiger partial charge in [-0.25, -0.2) is 9.97 Å². The molecule has 5 nitrogen and oxygen atoms in total. The maximum absolute atomic E-state index is 13.2. The summed E-state index contributed by atoms with van der Waals surface area (Å²) in [6.07, 6.45) is -2.98. The first-order chi connectivity index (χ1) is 17.8. The molecular weight excluding hydrogens is 479 g/mol. The van der Waals surface area contributed by atoms with Crippen molar-refractivity contribution in [3.8, 4) is 34.0 Å². The molecule has 0 spiro atoms. The first-order valence-electron chi connectivity index (χ1n) is 11.8. The number of hydrogen-bond donors (Lipinski definition) is 1. The van der Waals surface area contributed by atoms with Crippen molar-refractivity contribution in [2.45, 2.75) is 32.7 Å². The number of hydrogen-bond acceptors (Lipinski definition) is 4. The van der Waals surface area contributed by atoms with E-state index in [2.05, 4.69) is 15.0 Å². The van der Waals surface area contributed by atoms with Gasteiger partial charge in [0.2, 0.25) is 0 Å². The van der Waals surface area contributed by atoms with Crippen LogP contribution in [0, 0.1) is 0 Å². The van der Waals surface area contributed by atoms with Crippen molar-refractivity contribution in [1.29, 1.82) is 0 Å². The molecule has 0 amide bonds. The number of rotatable bonds is 7. The number of fused-ring (bicyclic) bond motifs is 1. The third kappa shape index (κ3) is 5.58. The van der Waals surface area contributed by atoms with Crippen LogP contribution in [0.5, 0.6) is 11.5 Å². The molecule has 0 radical (unpaired) electrons. The zero-order chi connectivity index (χ0) is 26.0. The van der Waals surface area contributed by atoms with E-state index in [-0.39, 0.29) is 6.10 Å². The number of nitrogens with zero attached hydrogens (tertiary/aromatic N) is 2. The Morgan fingerprint density at radius 1 is 0.892 bits per heavy atom. The van der Waals surface area contributed by atoms with Crippen molar-refractivity contribution in [2.75, 3.05) is 0 Å². The highest BCUT2D eigenvalue weighted by Gasteiger charge is 2.30. The molecule has 0 fully saturated rings. The Morgan fingerprint density at radius 2 is 1.70 bits per heavy atom. The zero-order valence-corrected chi connectivity index (χ0v) is 20.2. The predicted octanol–water partition coefficient (Wildman–Crippen LogP) is 7.68. The summed E-state index contributed by atoms with van der Waals surface area (Å²) >= 11 is 0. The Morgan fingerprint density at radius 3 is 2.46 bits per heavy atom. The van der Waals surface area contributed by atoms with E-state index in [0.717, 1.165) is 23.3 Å². The first-order valence-corrected chi connectivity index (χ1v) is 11.8. The van der Waals surface area contributed by atoms with Gasteiger partial charge >= 0.3 is 6.18 Å². The molecule has 2 heterocycles. The van der Waals surface area contributed by atoms with Crippen molar-refractivity contribution in [1.82, 2.24) is 15.0 Å². The molecule has 0 aliphatic heterocycles. The average molecular weight is 504 g/mol. The minimum atomic E-state index is -4.42. The van der Waals surface area contributed by atoms with E-state index in [1.165, 1.54) is 12.3 Å². The molecule has 5 rings (SSSR count). The number of benzene rings is 3. The Bertz CT molecular complexity index is 1530. The van der Waals surface area contributed by atoms with Gasteiger partial charge in [0.1, 0.15) is 23.9 Å². The molecule has 188 valence electrons. The van der Waals surface area contributed by atoms with Crippen molar-refractivity contribution in [3.63, 3.8) is 0 Å². The lowest BCUT2D eigenvalue weighted by molar-refractivity contribution is -0.137. The number of aromatic nitrogens is 3. The Kier molecular flexibility index (Phi) is 6.56. The van der Waals surface area contributed by atoms with Crippen LogP contribution in [0.15, 0.2) is 85.1 Å². The standard InChI is InChI=1S/C29H24F3N3O2/c1-18(2)37-26-15-23(36-17-19-7-4-3-5-8-19)11-12-24(26)27-34-25-14-21(16-33-28(25)35-27)20-9-6-10-22(13-20)29(30,31)32/h3-16,18H,17H2,1-2H3,(H,33,34,35). The number of nitrogens with one attached hydrogen (secondary N) is 1. The molecule has 0 atom stereocenters. The predicted molar refractivity (Wildman–Crippen MR) is 136 cm³/mol. The number of aromatic amines is 1. The van der Waals surface area contributed by atoms with Crippen molar-refractivity contribution >= 4 is 11.2 Å². The Hall–Kier alpha value is -4.33. The van der Waals surface area contributed by atoms with Gasteiger partial charge in [0.25, 0.3) is 0 Å². The maximum Gasteiger partial charge on any atom is 0.416 e. The van der Waals surface area contributed by atoms with Crippen LogP contribution in [-0.4, -0.2) is 21.1 Å². The molecule has 1 N–H and O–H groups in total. The largest absolute Gasteiger partial charge is 0.490 e. The second kappa shape index (κ2) is 9.97. The molecule has 0 aliphatic rings. The second-order valence-electron chi connectivity index (χ2n) is 8.86. The summed E-state index contributed by atoms with van der Waals surface area (Å²) in [5.41, 5.74) is 3.09. The SMILES string of the molecule is CC(C)Oc1cc(OCc2ccccc2)ccc1-c1nc2ncc(-c3cccc(C(F)(F)F)c3)cc2[nH]1. The molecule has 0 aliphatic carbocycles. The van der Waals surface area contributed by atoms with E-state index < -0.39 is 11.7 Å². The highest BCUT2D eigenvalue weighted by atomic mass is 19.4. The monoisotopic (exact) mass is 503 g/mol. The summed E-state index contributed by atoms with van der Waals surface area (Å²) in [5.74, 6) is 1.79. The van der Waals surface area contributed by atoms with Crippen LogP contribution in [-0.2, 0) is 12.8 Å². The summed E-state index contributed by atoms with van der Waals surface area (Å²) in [6.45, 7) is 4.29. The van der Waals surface area contributed by atoms with Gasteiger partial charge in [-0.2, -0.15) is 13.2 Å². The van der Waals surface area contributed by atoms with Gasteiger partial charge in [0.05, 0.1) is 22.7 Å². The third-order valence-electron chi connectivity index (χ3n) is 5.68. The molecule has 2 aromatic heterocycles. The molecular formula is C29H24F3N3O2. The van der Waals surface area contributed by atoms with Gasteiger partial charge in [0.15, 0.2) is 5.65 Å². The van der Waals surface area contributed by atoms with Crippen LogP contribution >= 0.6 is 0 Å². The number of imidazole rings is 1. The fraction of sp³-hybridized carbons (Fsp3) is 0.172. The van der Waals surface area contributed by atoms with E-state index in [1.807, 2.05) is 62.4 Å². The molecule has 5 aromatic rings. The summed E-state index contributed by atoms with van der Waals surface area (Å²) in [6, 6.07) is 22.3. The van der Waals surface area contributed by atoms with Crippen LogP contribution in [0.2, 0.25) is 0 Å². The minimum absolute atomic E-state index is 0.0851. The topological polar surface area (TPSA) is 60.0 Å². The van der Waals surface area contributed by atoms with Gasteiger partial charge in [-0.1, -0.05) is 42.5 Å². The van der Waals surface area contributed by atoms with Crippen LogP contribution in [0.1, 0.15) is 25.0 Å². The van der Waals surface area contributed by atoms with Crippen molar-refractivity contribution in [3.05, 3.63) is 96.2 Å². The van der Waals surface area contributed by atoms with Gasteiger partial charge in [0, 0.05) is 17.8 Å². The third-order valence-corrected chi connectivity index (χ3v) is 5.68. The summed E-state index contributed by atoms with van der Waals surface area (Å²) in [5, 5.41) is 0. The van der Waals surface area contributed by atoms with Gasteiger partial charge in [-0.05, 0) is 55.3 Å². The lowest BCUT2D eigenvalue weighted by Gasteiger charge is -2.15. The average Bonchev–Trinajstić information content (AvgIpc) is 3.30. The normalized spacial score (nSPS) is 11.7. The molecule has 0 saturated carbocycles. The van der Waals surface area contributed by atoms with E-state index in [9.17, 15) is 13.2 Å². The molecule has 0 saturated heterocycles. The van der Waals surface area contributed by atoms with E-state index >= 15 is 0 Å². The Labute approximate surface area is 211 Å². The number of alkyl halides is 3. The van der Waals surface area contributed by atoms with Crippen LogP contribution in [0.25, 0.3) is 33.7 Å². The smallest absolute Gasteiger partial charge is 0.416 e. The maximum atomic E-state index is 13.2. The van der Waals surface area contributed by atoms with E-state index in [0.29, 0.717) is 46.2 Å². The van der Waals surface area contributed by atoms with Crippen LogP contribution in [0.4, 0.5) is 13.2 Å². The van der Waals surface area contributed by atoms with Crippen molar-refractivity contribution < 1.29 is 22.6 Å². The number of halogens is 3. The fourth-order valence-electron chi connectivity index (χ4n) is 3.94. The van der Waals surface area contributed by atoms with Crippen LogP contribution < -0.4 is 9.47 Å². The van der Waals surface area contributed by atoms with E-state index in [1.54, 1.807) is 12.1 Å². The highest BCUT2D eigenvalue weighted by molar-refractivity contribution is 5.82. The summed E-state index contributed by atoms with van der Waals surface area (Å²) in [7, 11) is 0. The number of H-pyrrole nitrogens is 1. The second-order valence-corrected chi connectivity index (χ2v) is 8.86. The number of pyridine rings is 1. The Balaban J connectivity index is 1.46. The lowest BCUT2D eigenvalue weighted by atomic mass is 10.0. The molecule has 0 unspecified atom stereocenters. The van der Waals surface area contributed by atoms with Gasteiger partial charge in [-0.3, -0.25) is 0 Å². The molecule has 37 heavy (non-hydrogen) atoms. The van der Waals surface area contributed by atoms with Gasteiger partial charge < -0.3 is 14.5 Å². The molecule has 8 heteroatoms. The van der Waals surface area contributed by atoms with Gasteiger partial charge in [-0.15, -0.1) is 0 Å². The number of ether oxygens (including phenoxy) is 2. The fourth-order valence-corrected chi connectivity index (χ4v) is 3.94. The quantitative estimate of drug-likeness (QED) is 0.248. The van der Waals surface area contributed by atoms with Crippen LogP contribution in [0.3, 0.4) is 0 Å². The summed E-state index contributed by atoms with van der Waals surface area (Å²) < 4.78 is 51.5. The lowest BCUT2D eigenvalue weighted by Crippen LogP contribution is -2.07. The van der Waals surface area contributed by atoms with Crippen molar-refractivity contribution in [2.24, 2.45) is 0 Å². The zero-order valence-electron chi connectivity index (χ0n) is 20.2.